The maximum Gasteiger partial charge on any atom is 0.164 e. The average molecular weight is 250 g/mol. The topological polar surface area (TPSA) is 50.7 Å². The summed E-state index contributed by atoms with van der Waals surface area (Å²) < 4.78 is 0. The fourth-order valence-electron chi connectivity index (χ4n) is 1.99. The van der Waals surface area contributed by atoms with E-state index in [2.05, 4.69) is 32.4 Å². The van der Waals surface area contributed by atoms with Gasteiger partial charge in [0.15, 0.2) is 5.65 Å². The summed E-state index contributed by atoms with van der Waals surface area (Å²) in [6.07, 6.45) is 1.75. The van der Waals surface area contributed by atoms with Gasteiger partial charge in [-0.15, -0.1) is 0 Å². The van der Waals surface area contributed by atoms with Gasteiger partial charge < -0.3 is 5.32 Å². The summed E-state index contributed by atoms with van der Waals surface area (Å²) in [5, 5.41) is 4.30. The second-order valence-corrected chi connectivity index (χ2v) is 4.33. The number of fused-ring (bicyclic) bond motifs is 1. The van der Waals surface area contributed by atoms with Gasteiger partial charge in [0.2, 0.25) is 0 Å². The Morgan fingerprint density at radius 1 is 1.00 bits per heavy atom. The fourth-order valence-corrected chi connectivity index (χ4v) is 1.99. The second kappa shape index (κ2) is 5.02. The number of nitrogens with zero attached hydrogens (tertiary/aromatic N) is 3. The van der Waals surface area contributed by atoms with Gasteiger partial charge in [0.1, 0.15) is 11.6 Å². The Morgan fingerprint density at radius 2 is 1.84 bits per heavy atom. The largest absolute Gasteiger partial charge is 0.365 e. The second-order valence-electron chi connectivity index (χ2n) is 4.33. The van der Waals surface area contributed by atoms with Crippen molar-refractivity contribution in [2.75, 3.05) is 5.32 Å². The molecule has 3 aromatic rings. The normalized spacial score (nSPS) is 10.6. The van der Waals surface area contributed by atoms with Crippen LogP contribution in [0.2, 0.25) is 0 Å². The third-order valence-corrected chi connectivity index (χ3v) is 2.89. The van der Waals surface area contributed by atoms with Crippen LogP contribution in [0.4, 0.5) is 5.82 Å². The highest BCUT2D eigenvalue weighted by atomic mass is 15.0. The number of rotatable bonds is 3. The lowest BCUT2D eigenvalue weighted by Crippen LogP contribution is -2.04. The number of hydrogen-bond donors (Lipinski definition) is 1. The van der Waals surface area contributed by atoms with Crippen LogP contribution >= 0.6 is 0 Å². The van der Waals surface area contributed by atoms with Crippen molar-refractivity contribution < 1.29 is 0 Å². The minimum absolute atomic E-state index is 0.724. The monoisotopic (exact) mass is 250 g/mol. The van der Waals surface area contributed by atoms with E-state index in [9.17, 15) is 0 Å². The highest BCUT2D eigenvalue weighted by Crippen LogP contribution is 2.18. The number of nitrogens with one attached hydrogen (secondary N) is 1. The number of anilines is 1. The van der Waals surface area contributed by atoms with Gasteiger partial charge in [-0.1, -0.05) is 30.3 Å². The molecule has 0 unspecified atom stereocenters. The molecule has 1 N–H and O–H groups in total. The molecule has 0 spiro atoms. The van der Waals surface area contributed by atoms with Crippen LogP contribution in [0.3, 0.4) is 0 Å². The molecule has 2 aromatic heterocycles. The van der Waals surface area contributed by atoms with Crippen LogP contribution in [0.1, 0.15) is 11.4 Å². The molecule has 0 aliphatic rings. The summed E-state index contributed by atoms with van der Waals surface area (Å²) in [5.74, 6) is 1.56. The Morgan fingerprint density at radius 3 is 2.68 bits per heavy atom. The van der Waals surface area contributed by atoms with E-state index in [1.807, 2.05) is 37.3 Å². The van der Waals surface area contributed by atoms with Crippen LogP contribution < -0.4 is 5.32 Å². The Bertz CT molecular complexity index is 695. The SMILES string of the molecule is Cc1nc(NCc2ccccc2)c2cccnc2n1. The quantitative estimate of drug-likeness (QED) is 0.776. The van der Waals surface area contributed by atoms with Gasteiger partial charge in [0.05, 0.1) is 5.39 Å². The van der Waals surface area contributed by atoms with Crippen molar-refractivity contribution in [1.29, 1.82) is 0 Å². The molecule has 19 heavy (non-hydrogen) atoms. The first kappa shape index (κ1) is 11.6. The molecule has 0 saturated heterocycles. The highest BCUT2D eigenvalue weighted by Gasteiger charge is 2.05. The van der Waals surface area contributed by atoms with Gasteiger partial charge in [-0.2, -0.15) is 0 Å². The van der Waals surface area contributed by atoms with Crippen LogP contribution in [0, 0.1) is 6.92 Å². The Balaban J connectivity index is 1.92. The molecule has 0 aliphatic heterocycles. The van der Waals surface area contributed by atoms with Gasteiger partial charge in [0.25, 0.3) is 0 Å². The van der Waals surface area contributed by atoms with Crippen molar-refractivity contribution >= 4 is 16.9 Å². The summed E-state index contributed by atoms with van der Waals surface area (Å²) in [5.41, 5.74) is 1.95. The highest BCUT2D eigenvalue weighted by molar-refractivity contribution is 5.86. The predicted octanol–water partition coefficient (Wildman–Crippen LogP) is 2.95. The van der Waals surface area contributed by atoms with Gasteiger partial charge >= 0.3 is 0 Å². The summed E-state index contributed by atoms with van der Waals surface area (Å²) in [7, 11) is 0. The average Bonchev–Trinajstić information content (AvgIpc) is 2.45. The maximum atomic E-state index is 4.45. The zero-order valence-electron chi connectivity index (χ0n) is 10.7. The first-order chi connectivity index (χ1) is 9.33. The lowest BCUT2D eigenvalue weighted by atomic mass is 10.2. The molecule has 0 saturated carbocycles. The van der Waals surface area contributed by atoms with Gasteiger partial charge in [-0.3, -0.25) is 0 Å². The van der Waals surface area contributed by atoms with E-state index in [-0.39, 0.29) is 0 Å². The van der Waals surface area contributed by atoms with Gasteiger partial charge in [-0.25, -0.2) is 15.0 Å². The van der Waals surface area contributed by atoms with Crippen molar-refractivity contribution in [2.45, 2.75) is 13.5 Å². The number of aromatic nitrogens is 3. The molecule has 0 fully saturated rings. The van der Waals surface area contributed by atoms with Crippen LogP contribution in [0.15, 0.2) is 48.7 Å². The van der Waals surface area contributed by atoms with Crippen LogP contribution in [-0.4, -0.2) is 15.0 Å². The molecule has 0 atom stereocenters. The van der Waals surface area contributed by atoms with Crippen molar-refractivity contribution in [3.05, 3.63) is 60.0 Å². The minimum atomic E-state index is 0.724. The van der Waals surface area contributed by atoms with E-state index < -0.39 is 0 Å². The summed E-state index contributed by atoms with van der Waals surface area (Å²) in [6.45, 7) is 2.61. The first-order valence-corrected chi connectivity index (χ1v) is 6.20. The zero-order chi connectivity index (χ0) is 13.1. The van der Waals surface area contributed by atoms with Crippen LogP contribution in [-0.2, 0) is 6.54 Å². The Labute approximate surface area is 111 Å². The molecular weight excluding hydrogens is 236 g/mol. The first-order valence-electron chi connectivity index (χ1n) is 6.20. The summed E-state index contributed by atoms with van der Waals surface area (Å²) in [6, 6.07) is 14.1. The molecule has 94 valence electrons. The maximum absolute atomic E-state index is 4.45. The molecule has 4 heteroatoms. The van der Waals surface area contributed by atoms with E-state index in [4.69, 9.17) is 0 Å². The summed E-state index contributed by atoms with van der Waals surface area (Å²) in [4.78, 5) is 13.0. The van der Waals surface area contributed by atoms with Crippen molar-refractivity contribution in [3.8, 4) is 0 Å². The smallest absolute Gasteiger partial charge is 0.164 e. The number of aryl methyl sites for hydroxylation is 1. The van der Waals surface area contributed by atoms with Crippen molar-refractivity contribution in [1.82, 2.24) is 15.0 Å². The van der Waals surface area contributed by atoms with E-state index in [0.29, 0.717) is 0 Å². The third kappa shape index (κ3) is 2.52. The van der Waals surface area contributed by atoms with Crippen molar-refractivity contribution in [3.63, 3.8) is 0 Å². The molecule has 1 aromatic carbocycles. The van der Waals surface area contributed by atoms with E-state index in [1.54, 1.807) is 6.20 Å². The molecular formula is C15H14N4. The zero-order valence-corrected chi connectivity index (χ0v) is 10.7. The van der Waals surface area contributed by atoms with Crippen molar-refractivity contribution in [2.24, 2.45) is 0 Å². The molecule has 3 rings (SSSR count). The lowest BCUT2D eigenvalue weighted by molar-refractivity contribution is 1.04. The fraction of sp³-hybridized carbons (Fsp3) is 0.133. The van der Waals surface area contributed by atoms with Crippen LogP contribution in [0.25, 0.3) is 11.0 Å². The number of pyridine rings is 1. The standard InChI is InChI=1S/C15H14N4/c1-11-18-14-13(8-5-9-16-14)15(19-11)17-10-12-6-3-2-4-7-12/h2-9H,10H2,1H3,(H,16,17,18,19). The molecule has 4 nitrogen and oxygen atoms in total. The van der Waals surface area contributed by atoms with Gasteiger partial charge in [0, 0.05) is 12.7 Å². The van der Waals surface area contributed by atoms with Crippen LogP contribution in [0.5, 0.6) is 0 Å². The predicted molar refractivity (Wildman–Crippen MR) is 75.8 cm³/mol. The minimum Gasteiger partial charge on any atom is -0.365 e. The van der Waals surface area contributed by atoms with E-state index in [0.717, 1.165) is 29.2 Å². The lowest BCUT2D eigenvalue weighted by Gasteiger charge is -2.09. The Kier molecular flexibility index (Phi) is 3.06. The summed E-state index contributed by atoms with van der Waals surface area (Å²) >= 11 is 0. The Hall–Kier alpha value is -2.49. The molecule has 2 heterocycles. The molecule has 0 aliphatic carbocycles. The molecule has 0 radical (unpaired) electrons. The van der Waals surface area contributed by atoms with Gasteiger partial charge in [-0.05, 0) is 24.6 Å². The number of benzene rings is 1. The van der Waals surface area contributed by atoms with E-state index >= 15 is 0 Å². The van der Waals surface area contributed by atoms with E-state index in [1.165, 1.54) is 5.56 Å². The molecule has 0 bridgehead atoms. The number of hydrogen-bond acceptors (Lipinski definition) is 4. The molecule has 0 amide bonds. The third-order valence-electron chi connectivity index (χ3n) is 2.89.